The van der Waals surface area contributed by atoms with Crippen LogP contribution in [0.15, 0.2) is 47.1 Å². The van der Waals surface area contributed by atoms with Gasteiger partial charge in [0.1, 0.15) is 5.76 Å². The number of anilines is 1. The van der Waals surface area contributed by atoms with Crippen molar-refractivity contribution >= 4 is 23.6 Å². The highest BCUT2D eigenvalue weighted by molar-refractivity contribution is 6.04. The van der Waals surface area contributed by atoms with E-state index in [4.69, 9.17) is 9.15 Å². The van der Waals surface area contributed by atoms with Gasteiger partial charge in [0.2, 0.25) is 5.91 Å². The Bertz CT molecular complexity index is 929. The Hall–Kier alpha value is -3.33. The van der Waals surface area contributed by atoms with Crippen molar-refractivity contribution in [1.82, 2.24) is 15.1 Å². The molecule has 1 aromatic heterocycles. The third-order valence-electron chi connectivity index (χ3n) is 5.20. The molecular formula is C24H32N4O5. The fraction of sp³-hybridized carbons (Fsp3) is 0.458. The van der Waals surface area contributed by atoms with Gasteiger partial charge in [0.25, 0.3) is 5.91 Å². The molecule has 2 N–H and O–H groups in total. The van der Waals surface area contributed by atoms with Crippen LogP contribution in [-0.2, 0) is 16.1 Å². The molecular weight excluding hydrogens is 424 g/mol. The molecule has 9 heteroatoms. The molecule has 0 radical (unpaired) electrons. The molecule has 0 atom stereocenters. The first-order chi connectivity index (χ1) is 15.9. The van der Waals surface area contributed by atoms with Crippen LogP contribution in [-0.4, -0.2) is 67.0 Å². The standard InChI is InChI=1S/C24H32N4O5/c1-18(2)17-33-24(31)28-11-6-10-27(12-13-28)16-22(29)26-21-9-4-3-8-20(21)23(30)25-15-19-7-5-14-32-19/h3-5,7-9,14,18H,6,10-13,15-17H2,1-2H3,(H,25,30)(H,26,29). The highest BCUT2D eigenvalue weighted by atomic mass is 16.6. The number of para-hydroxylation sites is 1. The van der Waals surface area contributed by atoms with Crippen molar-refractivity contribution in [1.29, 1.82) is 0 Å². The summed E-state index contributed by atoms with van der Waals surface area (Å²) >= 11 is 0. The number of amides is 3. The second-order valence-corrected chi connectivity index (χ2v) is 8.44. The molecule has 0 aliphatic carbocycles. The van der Waals surface area contributed by atoms with Crippen molar-refractivity contribution in [2.24, 2.45) is 5.92 Å². The number of nitrogens with zero attached hydrogens (tertiary/aromatic N) is 2. The smallest absolute Gasteiger partial charge is 0.409 e. The van der Waals surface area contributed by atoms with Crippen LogP contribution in [0.2, 0.25) is 0 Å². The van der Waals surface area contributed by atoms with E-state index in [0.717, 1.165) is 6.42 Å². The quantitative estimate of drug-likeness (QED) is 0.633. The fourth-order valence-electron chi connectivity index (χ4n) is 3.50. The normalized spacial score (nSPS) is 14.6. The topological polar surface area (TPSA) is 104 Å². The molecule has 2 heterocycles. The lowest BCUT2D eigenvalue weighted by atomic mass is 10.1. The maximum Gasteiger partial charge on any atom is 0.409 e. The molecule has 0 bridgehead atoms. The van der Waals surface area contributed by atoms with Crippen LogP contribution >= 0.6 is 0 Å². The van der Waals surface area contributed by atoms with Gasteiger partial charge in [0.05, 0.1) is 37.2 Å². The molecule has 1 saturated heterocycles. The zero-order valence-corrected chi connectivity index (χ0v) is 19.2. The molecule has 0 spiro atoms. The van der Waals surface area contributed by atoms with Crippen LogP contribution in [0.3, 0.4) is 0 Å². The van der Waals surface area contributed by atoms with Gasteiger partial charge < -0.3 is 24.7 Å². The summed E-state index contributed by atoms with van der Waals surface area (Å²) in [5, 5.41) is 5.64. The summed E-state index contributed by atoms with van der Waals surface area (Å²) < 4.78 is 10.6. The van der Waals surface area contributed by atoms with Crippen molar-refractivity contribution in [3.63, 3.8) is 0 Å². The average molecular weight is 457 g/mol. The molecule has 1 aliphatic rings. The van der Waals surface area contributed by atoms with E-state index in [2.05, 4.69) is 10.6 Å². The Morgan fingerprint density at radius 1 is 1.06 bits per heavy atom. The monoisotopic (exact) mass is 456 g/mol. The first kappa shape index (κ1) is 24.3. The van der Waals surface area contributed by atoms with Crippen molar-refractivity contribution in [2.45, 2.75) is 26.8 Å². The molecule has 33 heavy (non-hydrogen) atoms. The summed E-state index contributed by atoms with van der Waals surface area (Å²) in [6.45, 7) is 7.23. The second kappa shape index (κ2) is 12.1. The zero-order valence-electron chi connectivity index (χ0n) is 19.2. The Morgan fingerprint density at radius 2 is 1.88 bits per heavy atom. The Labute approximate surface area is 194 Å². The van der Waals surface area contributed by atoms with E-state index < -0.39 is 0 Å². The zero-order chi connectivity index (χ0) is 23.6. The summed E-state index contributed by atoms with van der Waals surface area (Å²) in [7, 11) is 0. The maximum atomic E-state index is 12.7. The predicted octanol–water partition coefficient (Wildman–Crippen LogP) is 2.95. The third-order valence-corrected chi connectivity index (χ3v) is 5.20. The van der Waals surface area contributed by atoms with E-state index in [9.17, 15) is 14.4 Å². The van der Waals surface area contributed by atoms with Gasteiger partial charge in [0.15, 0.2) is 0 Å². The number of hydrogen-bond acceptors (Lipinski definition) is 6. The lowest BCUT2D eigenvalue weighted by molar-refractivity contribution is -0.117. The molecule has 0 unspecified atom stereocenters. The minimum atomic E-state index is -0.301. The van der Waals surface area contributed by atoms with Crippen LogP contribution in [0.25, 0.3) is 0 Å². The Balaban J connectivity index is 1.50. The lowest BCUT2D eigenvalue weighted by Crippen LogP contribution is -2.38. The van der Waals surface area contributed by atoms with Crippen molar-refractivity contribution in [2.75, 3.05) is 44.6 Å². The number of benzene rings is 1. The average Bonchev–Trinajstić information content (AvgIpc) is 3.21. The molecule has 9 nitrogen and oxygen atoms in total. The molecule has 3 amide bonds. The second-order valence-electron chi connectivity index (χ2n) is 8.44. The molecule has 178 valence electrons. The summed E-state index contributed by atoms with van der Waals surface area (Å²) in [6, 6.07) is 10.4. The summed E-state index contributed by atoms with van der Waals surface area (Å²) in [6.07, 6.45) is 2.01. The SMILES string of the molecule is CC(C)COC(=O)N1CCCN(CC(=O)Nc2ccccc2C(=O)NCc2ccco2)CC1. The number of carbonyl (C=O) groups is 3. The third kappa shape index (κ3) is 7.64. The van der Waals surface area contributed by atoms with Gasteiger partial charge in [-0.2, -0.15) is 0 Å². The molecule has 1 fully saturated rings. The van der Waals surface area contributed by atoms with Gasteiger partial charge in [-0.1, -0.05) is 26.0 Å². The van der Waals surface area contributed by atoms with Gasteiger partial charge >= 0.3 is 6.09 Å². The summed E-state index contributed by atoms with van der Waals surface area (Å²) in [5.74, 6) is 0.425. The highest BCUT2D eigenvalue weighted by Crippen LogP contribution is 2.16. The van der Waals surface area contributed by atoms with Gasteiger partial charge in [-0.25, -0.2) is 4.79 Å². The number of nitrogens with one attached hydrogen (secondary N) is 2. The molecule has 0 saturated carbocycles. The number of hydrogen-bond donors (Lipinski definition) is 2. The summed E-state index contributed by atoms with van der Waals surface area (Å²) in [5.41, 5.74) is 0.834. The van der Waals surface area contributed by atoms with Crippen molar-refractivity contribution in [3.8, 4) is 0 Å². The molecule has 1 aliphatic heterocycles. The number of carbonyl (C=O) groups excluding carboxylic acids is 3. The lowest BCUT2D eigenvalue weighted by Gasteiger charge is -2.22. The molecule has 1 aromatic carbocycles. The number of ether oxygens (including phenoxy) is 1. The van der Waals surface area contributed by atoms with E-state index in [1.54, 1.807) is 47.6 Å². The Morgan fingerprint density at radius 3 is 2.64 bits per heavy atom. The maximum absolute atomic E-state index is 12.7. The predicted molar refractivity (Wildman–Crippen MR) is 124 cm³/mol. The number of rotatable bonds is 8. The highest BCUT2D eigenvalue weighted by Gasteiger charge is 2.22. The van der Waals surface area contributed by atoms with E-state index in [0.29, 0.717) is 49.8 Å². The van der Waals surface area contributed by atoms with E-state index in [-0.39, 0.29) is 36.9 Å². The van der Waals surface area contributed by atoms with Crippen LogP contribution in [0.5, 0.6) is 0 Å². The van der Waals surface area contributed by atoms with E-state index in [1.165, 1.54) is 0 Å². The van der Waals surface area contributed by atoms with Crippen LogP contribution in [0.4, 0.5) is 10.5 Å². The van der Waals surface area contributed by atoms with Crippen molar-refractivity contribution in [3.05, 3.63) is 54.0 Å². The fourth-order valence-corrected chi connectivity index (χ4v) is 3.50. The van der Waals surface area contributed by atoms with E-state index in [1.807, 2.05) is 18.7 Å². The first-order valence-electron chi connectivity index (χ1n) is 11.3. The van der Waals surface area contributed by atoms with Crippen molar-refractivity contribution < 1.29 is 23.5 Å². The van der Waals surface area contributed by atoms with Gasteiger partial charge in [0, 0.05) is 26.2 Å². The molecule has 2 aromatic rings. The van der Waals surface area contributed by atoms with Gasteiger partial charge in [-0.05, 0) is 36.6 Å². The van der Waals surface area contributed by atoms with Crippen LogP contribution < -0.4 is 10.6 Å². The van der Waals surface area contributed by atoms with Crippen LogP contribution in [0, 0.1) is 5.92 Å². The van der Waals surface area contributed by atoms with Crippen LogP contribution in [0.1, 0.15) is 36.4 Å². The Kier molecular flexibility index (Phi) is 8.88. The minimum Gasteiger partial charge on any atom is -0.467 e. The van der Waals surface area contributed by atoms with Gasteiger partial charge in [-0.15, -0.1) is 0 Å². The largest absolute Gasteiger partial charge is 0.467 e. The first-order valence-corrected chi connectivity index (χ1v) is 11.3. The number of furan rings is 1. The minimum absolute atomic E-state index is 0.178. The molecule has 3 rings (SSSR count). The van der Waals surface area contributed by atoms with E-state index >= 15 is 0 Å². The summed E-state index contributed by atoms with van der Waals surface area (Å²) in [4.78, 5) is 41.2. The van der Waals surface area contributed by atoms with Gasteiger partial charge in [-0.3, -0.25) is 14.5 Å².